The van der Waals surface area contributed by atoms with Crippen LogP contribution in [0.2, 0.25) is 0 Å². The first-order valence-corrected chi connectivity index (χ1v) is 9.41. The zero-order chi connectivity index (χ0) is 18.2. The summed E-state index contributed by atoms with van der Waals surface area (Å²) in [6, 6.07) is 3.33. The maximum absolute atomic E-state index is 10.6. The van der Waals surface area contributed by atoms with E-state index in [1.54, 1.807) is 0 Å². The van der Waals surface area contributed by atoms with Crippen LogP contribution in [-0.4, -0.2) is 21.1 Å². The molecule has 2 fully saturated rings. The number of aromatic hydroxyl groups is 2. The molecule has 2 saturated carbocycles. The Kier molecular flexibility index (Phi) is 3.30. The van der Waals surface area contributed by atoms with Gasteiger partial charge < -0.3 is 15.4 Å². The maximum atomic E-state index is 10.6. The van der Waals surface area contributed by atoms with Crippen molar-refractivity contribution in [1.29, 1.82) is 0 Å². The molecule has 0 aliphatic heterocycles. The number of oxime groups is 1. The minimum atomic E-state index is -0.109. The van der Waals surface area contributed by atoms with Gasteiger partial charge in [0.05, 0.1) is 5.71 Å². The van der Waals surface area contributed by atoms with Gasteiger partial charge in [-0.1, -0.05) is 32.9 Å². The number of nitrogens with zero attached hydrogens (tertiary/aromatic N) is 1. The van der Waals surface area contributed by atoms with Crippen LogP contribution in [0.1, 0.15) is 64.5 Å². The number of hydrogen-bond donors (Lipinski definition) is 3. The van der Waals surface area contributed by atoms with E-state index in [4.69, 9.17) is 0 Å². The van der Waals surface area contributed by atoms with Crippen LogP contribution in [0.4, 0.5) is 0 Å². The van der Waals surface area contributed by atoms with Crippen molar-refractivity contribution in [2.24, 2.45) is 27.8 Å². The van der Waals surface area contributed by atoms with Gasteiger partial charge >= 0.3 is 0 Å². The minimum absolute atomic E-state index is 0.0533. The summed E-state index contributed by atoms with van der Waals surface area (Å²) < 4.78 is 0. The van der Waals surface area contributed by atoms with Crippen LogP contribution in [0.15, 0.2) is 17.3 Å². The molecule has 0 aromatic heterocycles. The average Bonchev–Trinajstić information content (AvgIpc) is 2.80. The molecule has 2 unspecified atom stereocenters. The number of phenols is 2. The lowest BCUT2D eigenvalue weighted by molar-refractivity contribution is -0.0612. The van der Waals surface area contributed by atoms with Gasteiger partial charge in [0, 0.05) is 22.5 Å². The molecule has 4 heteroatoms. The Morgan fingerprint density at radius 3 is 2.44 bits per heavy atom. The van der Waals surface area contributed by atoms with Gasteiger partial charge in [-0.05, 0) is 61.0 Å². The molecule has 0 bridgehead atoms. The van der Waals surface area contributed by atoms with Gasteiger partial charge in [0.25, 0.3) is 0 Å². The van der Waals surface area contributed by atoms with Crippen molar-refractivity contribution in [2.75, 3.05) is 0 Å². The zero-order valence-electron chi connectivity index (χ0n) is 15.6. The zero-order valence-corrected chi connectivity index (χ0v) is 15.6. The van der Waals surface area contributed by atoms with Gasteiger partial charge in [-0.25, -0.2) is 0 Å². The highest BCUT2D eigenvalue weighted by atomic mass is 16.4. The number of hydrogen-bond acceptors (Lipinski definition) is 4. The molecule has 25 heavy (non-hydrogen) atoms. The van der Waals surface area contributed by atoms with E-state index in [2.05, 4.69) is 32.9 Å². The summed E-state index contributed by atoms with van der Waals surface area (Å²) in [5.41, 5.74) is 3.05. The molecule has 136 valence electrons. The van der Waals surface area contributed by atoms with Crippen molar-refractivity contribution in [3.05, 3.63) is 23.3 Å². The van der Waals surface area contributed by atoms with E-state index in [1.807, 2.05) is 6.07 Å². The van der Waals surface area contributed by atoms with Crippen molar-refractivity contribution in [2.45, 2.75) is 65.2 Å². The van der Waals surface area contributed by atoms with E-state index in [-0.39, 0.29) is 27.7 Å². The van der Waals surface area contributed by atoms with Crippen LogP contribution in [0, 0.1) is 22.7 Å². The van der Waals surface area contributed by atoms with Gasteiger partial charge in [-0.2, -0.15) is 0 Å². The Balaban J connectivity index is 1.83. The highest BCUT2D eigenvalue weighted by Gasteiger charge is 2.62. The van der Waals surface area contributed by atoms with E-state index in [0.717, 1.165) is 48.9 Å². The van der Waals surface area contributed by atoms with Crippen LogP contribution in [0.25, 0.3) is 0 Å². The Morgan fingerprint density at radius 1 is 1.04 bits per heavy atom. The quantitative estimate of drug-likeness (QED) is 0.476. The summed E-state index contributed by atoms with van der Waals surface area (Å²) in [5, 5.41) is 33.6. The summed E-state index contributed by atoms with van der Waals surface area (Å²) >= 11 is 0. The monoisotopic (exact) mass is 343 g/mol. The molecule has 0 radical (unpaired) electrons. The van der Waals surface area contributed by atoms with Crippen molar-refractivity contribution >= 4 is 5.71 Å². The molecule has 0 heterocycles. The predicted molar refractivity (Wildman–Crippen MR) is 97.4 cm³/mol. The third-order valence-electron chi connectivity index (χ3n) is 8.13. The van der Waals surface area contributed by atoms with Crippen LogP contribution in [-0.2, 0) is 11.8 Å². The first-order chi connectivity index (χ1) is 11.6. The topological polar surface area (TPSA) is 73.1 Å². The summed E-state index contributed by atoms with van der Waals surface area (Å²) in [5.74, 6) is 1.29. The largest absolute Gasteiger partial charge is 0.508 e. The lowest BCUT2D eigenvalue weighted by Crippen LogP contribution is -2.57. The van der Waals surface area contributed by atoms with Gasteiger partial charge in [0.15, 0.2) is 0 Å². The second-order valence-corrected chi connectivity index (χ2v) is 9.54. The average molecular weight is 343 g/mol. The summed E-state index contributed by atoms with van der Waals surface area (Å²) in [6.45, 7) is 9.14. The van der Waals surface area contributed by atoms with Gasteiger partial charge in [-0.15, -0.1) is 0 Å². The molecule has 3 aliphatic carbocycles. The molecule has 4 nitrogen and oxygen atoms in total. The number of fused-ring (bicyclic) bond motifs is 5. The summed E-state index contributed by atoms with van der Waals surface area (Å²) in [4.78, 5) is 0. The molecule has 0 spiro atoms. The van der Waals surface area contributed by atoms with Crippen molar-refractivity contribution < 1.29 is 15.4 Å². The molecular weight excluding hydrogens is 314 g/mol. The Labute approximate surface area is 149 Å². The molecule has 0 saturated heterocycles. The standard InChI is InChI=1S/C21H29NO3/c1-19(2)15-5-7-21(4)16(20(15,3)8-6-17(19)22-25)10-12-9-13(23)11-14(24)18(12)21/h9,11,15-16,23-25H,5-8,10H2,1-4H3/b22-17+/t15?,16?,20-,21+/m0/s1. The lowest BCUT2D eigenvalue weighted by Gasteiger charge is -2.61. The van der Waals surface area contributed by atoms with Crippen LogP contribution >= 0.6 is 0 Å². The second-order valence-electron chi connectivity index (χ2n) is 9.54. The van der Waals surface area contributed by atoms with E-state index in [9.17, 15) is 15.4 Å². The van der Waals surface area contributed by atoms with Crippen LogP contribution < -0.4 is 0 Å². The Morgan fingerprint density at radius 2 is 1.76 bits per heavy atom. The molecule has 3 N–H and O–H groups in total. The molecule has 4 atom stereocenters. The first kappa shape index (κ1) is 16.7. The van der Waals surface area contributed by atoms with Crippen molar-refractivity contribution in [1.82, 2.24) is 0 Å². The Bertz CT molecular complexity index is 769. The van der Waals surface area contributed by atoms with Crippen LogP contribution in [0.3, 0.4) is 0 Å². The number of phenolic OH excluding ortho intramolecular Hbond substituents is 2. The fourth-order valence-corrected chi connectivity index (χ4v) is 7.01. The Hall–Kier alpha value is -1.71. The van der Waals surface area contributed by atoms with E-state index in [1.165, 1.54) is 6.07 Å². The SMILES string of the molecule is CC1(C)/C(=N/O)CC[C@@]2(C)C1CC[C@@]1(C)c3c(O)cc(O)cc3CC21. The number of benzene rings is 1. The van der Waals surface area contributed by atoms with Crippen LogP contribution in [0.5, 0.6) is 11.5 Å². The van der Waals surface area contributed by atoms with E-state index in [0.29, 0.717) is 11.8 Å². The third kappa shape index (κ3) is 1.97. The van der Waals surface area contributed by atoms with Crippen molar-refractivity contribution in [3.8, 4) is 11.5 Å². The van der Waals surface area contributed by atoms with Crippen molar-refractivity contribution in [3.63, 3.8) is 0 Å². The van der Waals surface area contributed by atoms with Gasteiger partial charge in [0.2, 0.25) is 0 Å². The molecule has 4 rings (SSSR count). The maximum Gasteiger partial charge on any atom is 0.123 e. The second kappa shape index (κ2) is 4.93. The summed E-state index contributed by atoms with van der Waals surface area (Å²) in [7, 11) is 0. The normalized spacial score (nSPS) is 40.4. The smallest absolute Gasteiger partial charge is 0.123 e. The first-order valence-electron chi connectivity index (χ1n) is 9.41. The van der Waals surface area contributed by atoms with Gasteiger partial charge in [-0.3, -0.25) is 0 Å². The molecule has 0 amide bonds. The van der Waals surface area contributed by atoms with E-state index >= 15 is 0 Å². The molecule has 1 aromatic rings. The number of rotatable bonds is 0. The fraction of sp³-hybridized carbons (Fsp3) is 0.667. The lowest BCUT2D eigenvalue weighted by atomic mass is 9.43. The molecule has 1 aromatic carbocycles. The molecule has 3 aliphatic rings. The molecular formula is C21H29NO3. The minimum Gasteiger partial charge on any atom is -0.508 e. The van der Waals surface area contributed by atoms with Gasteiger partial charge in [0.1, 0.15) is 11.5 Å². The third-order valence-corrected chi connectivity index (χ3v) is 8.13. The highest BCUT2D eigenvalue weighted by molar-refractivity contribution is 5.90. The summed E-state index contributed by atoms with van der Waals surface area (Å²) in [6.07, 6.45) is 4.83. The highest BCUT2D eigenvalue weighted by Crippen LogP contribution is 2.68. The predicted octanol–water partition coefficient (Wildman–Crippen LogP) is 4.59. The van der Waals surface area contributed by atoms with E-state index < -0.39 is 0 Å². The fourth-order valence-electron chi connectivity index (χ4n) is 7.01.